The quantitative estimate of drug-likeness (QED) is 0.572. The van der Waals surface area contributed by atoms with Crippen LogP contribution in [0.15, 0.2) is 48.5 Å². The third kappa shape index (κ3) is 5.48. The Balaban J connectivity index is 1.50. The summed E-state index contributed by atoms with van der Waals surface area (Å²) in [5, 5.41) is 25.4. The molecule has 3 rings (SSSR count). The topological polar surface area (TPSA) is 98.7 Å². The summed E-state index contributed by atoms with van der Waals surface area (Å²) in [6.07, 6.45) is 2.24. The average Bonchev–Trinajstić information content (AvgIpc) is 3.48. The number of carbonyl (C=O) groups is 2. The molecule has 0 aliphatic heterocycles. The van der Waals surface area contributed by atoms with E-state index in [1.54, 1.807) is 48.5 Å². The molecule has 6 nitrogen and oxygen atoms in total. The fourth-order valence-corrected chi connectivity index (χ4v) is 3.04. The Bertz CT molecular complexity index is 817. The van der Waals surface area contributed by atoms with Crippen molar-refractivity contribution < 1.29 is 19.8 Å². The van der Waals surface area contributed by atoms with Crippen molar-refractivity contribution in [1.29, 1.82) is 0 Å². The molecule has 27 heavy (non-hydrogen) atoms. The molecular formula is C21H24N2O4. The molecule has 1 unspecified atom stereocenters. The number of para-hydroxylation sites is 2. The van der Waals surface area contributed by atoms with E-state index in [0.717, 1.165) is 12.8 Å². The third-order valence-electron chi connectivity index (χ3n) is 4.74. The Morgan fingerprint density at radius 2 is 1.41 bits per heavy atom. The Kier molecular flexibility index (Phi) is 5.96. The molecule has 2 amide bonds. The summed E-state index contributed by atoms with van der Waals surface area (Å²) >= 11 is 0. The number of aromatic hydroxyl groups is 2. The largest absolute Gasteiger partial charge is 0.508 e. The van der Waals surface area contributed by atoms with Crippen LogP contribution in [0.1, 0.15) is 24.0 Å². The van der Waals surface area contributed by atoms with Crippen LogP contribution < -0.4 is 10.6 Å². The van der Waals surface area contributed by atoms with Gasteiger partial charge in [-0.25, -0.2) is 0 Å². The van der Waals surface area contributed by atoms with Gasteiger partial charge in [-0.1, -0.05) is 36.4 Å². The lowest BCUT2D eigenvalue weighted by Gasteiger charge is -2.19. The van der Waals surface area contributed by atoms with Crippen LogP contribution >= 0.6 is 0 Å². The van der Waals surface area contributed by atoms with Crippen LogP contribution in [0.4, 0.5) is 0 Å². The lowest BCUT2D eigenvalue weighted by atomic mass is 10.1. The zero-order valence-corrected chi connectivity index (χ0v) is 15.0. The van der Waals surface area contributed by atoms with Crippen molar-refractivity contribution in [3.05, 3.63) is 59.7 Å². The van der Waals surface area contributed by atoms with Crippen molar-refractivity contribution in [3.8, 4) is 11.5 Å². The van der Waals surface area contributed by atoms with E-state index in [9.17, 15) is 19.8 Å². The molecule has 1 aliphatic carbocycles. The van der Waals surface area contributed by atoms with E-state index in [0.29, 0.717) is 23.6 Å². The fraction of sp³-hybridized carbons (Fsp3) is 0.333. The number of rotatable bonds is 8. The van der Waals surface area contributed by atoms with Crippen molar-refractivity contribution in [2.24, 2.45) is 5.92 Å². The van der Waals surface area contributed by atoms with Gasteiger partial charge in [-0.2, -0.15) is 0 Å². The van der Waals surface area contributed by atoms with Crippen LogP contribution in [-0.4, -0.2) is 34.6 Å². The highest BCUT2D eigenvalue weighted by Gasteiger charge is 2.32. The standard InChI is InChI=1S/C21H24N2O4/c24-18-7-3-1-5-15(18)11-20(26)22-13-17(14-9-10-14)23-21(27)12-16-6-2-4-8-19(16)25/h1-8,14,17,24-25H,9-13H2,(H,22,26)(H,23,27). The zero-order valence-electron chi connectivity index (χ0n) is 15.0. The van der Waals surface area contributed by atoms with Crippen LogP contribution in [-0.2, 0) is 22.4 Å². The van der Waals surface area contributed by atoms with Crippen LogP contribution in [0.5, 0.6) is 11.5 Å². The minimum atomic E-state index is -0.197. The van der Waals surface area contributed by atoms with E-state index in [-0.39, 0.29) is 42.2 Å². The minimum Gasteiger partial charge on any atom is -0.508 e. The van der Waals surface area contributed by atoms with Gasteiger partial charge in [0.15, 0.2) is 0 Å². The molecule has 4 N–H and O–H groups in total. The second-order valence-electron chi connectivity index (χ2n) is 6.93. The molecule has 2 aromatic carbocycles. The maximum Gasteiger partial charge on any atom is 0.224 e. The highest BCUT2D eigenvalue weighted by atomic mass is 16.3. The molecule has 142 valence electrons. The third-order valence-corrected chi connectivity index (χ3v) is 4.74. The molecule has 2 aromatic rings. The Morgan fingerprint density at radius 1 is 0.889 bits per heavy atom. The smallest absolute Gasteiger partial charge is 0.224 e. The fourth-order valence-electron chi connectivity index (χ4n) is 3.04. The van der Waals surface area contributed by atoms with Gasteiger partial charge < -0.3 is 20.8 Å². The molecule has 0 heterocycles. The van der Waals surface area contributed by atoms with Gasteiger partial charge in [0.1, 0.15) is 11.5 Å². The molecular weight excluding hydrogens is 344 g/mol. The van der Waals surface area contributed by atoms with Crippen molar-refractivity contribution in [2.45, 2.75) is 31.7 Å². The number of amides is 2. The van der Waals surface area contributed by atoms with E-state index < -0.39 is 0 Å². The first-order valence-corrected chi connectivity index (χ1v) is 9.12. The number of hydrogen-bond donors (Lipinski definition) is 4. The first kappa shape index (κ1) is 18.8. The summed E-state index contributed by atoms with van der Waals surface area (Å²) in [6, 6.07) is 13.4. The zero-order chi connectivity index (χ0) is 19.2. The molecule has 0 saturated heterocycles. The van der Waals surface area contributed by atoms with E-state index in [4.69, 9.17) is 0 Å². The normalized spacial score (nSPS) is 14.4. The summed E-state index contributed by atoms with van der Waals surface area (Å²) in [4.78, 5) is 24.5. The van der Waals surface area contributed by atoms with E-state index in [1.807, 2.05) is 0 Å². The molecule has 1 fully saturated rings. The predicted molar refractivity (Wildman–Crippen MR) is 101 cm³/mol. The van der Waals surface area contributed by atoms with Crippen molar-refractivity contribution in [2.75, 3.05) is 6.54 Å². The van der Waals surface area contributed by atoms with Gasteiger partial charge in [0, 0.05) is 23.7 Å². The highest BCUT2D eigenvalue weighted by Crippen LogP contribution is 2.32. The van der Waals surface area contributed by atoms with Gasteiger partial charge in [-0.3, -0.25) is 9.59 Å². The van der Waals surface area contributed by atoms with Crippen LogP contribution in [0.3, 0.4) is 0 Å². The Hall–Kier alpha value is -3.02. The van der Waals surface area contributed by atoms with Crippen LogP contribution in [0.25, 0.3) is 0 Å². The van der Waals surface area contributed by atoms with Gasteiger partial charge >= 0.3 is 0 Å². The van der Waals surface area contributed by atoms with E-state index >= 15 is 0 Å². The molecule has 0 bridgehead atoms. The summed E-state index contributed by atoms with van der Waals surface area (Å²) in [5.41, 5.74) is 1.15. The van der Waals surface area contributed by atoms with Crippen molar-refractivity contribution >= 4 is 11.8 Å². The number of carbonyl (C=O) groups excluding carboxylic acids is 2. The van der Waals surface area contributed by atoms with Crippen LogP contribution in [0, 0.1) is 5.92 Å². The molecule has 0 radical (unpaired) electrons. The molecule has 1 atom stereocenters. The summed E-state index contributed by atoms with van der Waals surface area (Å²) in [5.74, 6) is 0.193. The number of phenolic OH excluding ortho intramolecular Hbond substituents is 2. The first-order valence-electron chi connectivity index (χ1n) is 9.12. The molecule has 0 aromatic heterocycles. The van der Waals surface area contributed by atoms with Gasteiger partial charge in [-0.15, -0.1) is 0 Å². The predicted octanol–water partition coefficient (Wildman–Crippen LogP) is 1.89. The lowest BCUT2D eigenvalue weighted by molar-refractivity contribution is -0.123. The Labute approximate surface area is 158 Å². The second kappa shape index (κ2) is 8.58. The SMILES string of the molecule is O=C(Cc1ccccc1O)NCC(NC(=O)Cc1ccccc1O)C1CC1. The molecule has 1 saturated carbocycles. The van der Waals surface area contributed by atoms with E-state index in [1.165, 1.54) is 0 Å². The van der Waals surface area contributed by atoms with Gasteiger partial charge in [0.05, 0.1) is 12.8 Å². The monoisotopic (exact) mass is 368 g/mol. The number of benzene rings is 2. The highest BCUT2D eigenvalue weighted by molar-refractivity contribution is 5.81. The number of phenols is 2. The van der Waals surface area contributed by atoms with Gasteiger partial charge in [-0.05, 0) is 30.9 Å². The Morgan fingerprint density at radius 3 is 1.93 bits per heavy atom. The molecule has 0 spiro atoms. The maximum atomic E-state index is 12.3. The number of nitrogens with one attached hydrogen (secondary N) is 2. The summed E-state index contributed by atoms with van der Waals surface area (Å²) in [6.45, 7) is 0.351. The summed E-state index contributed by atoms with van der Waals surface area (Å²) in [7, 11) is 0. The molecule has 1 aliphatic rings. The summed E-state index contributed by atoms with van der Waals surface area (Å²) < 4.78 is 0. The lowest BCUT2D eigenvalue weighted by Crippen LogP contribution is -2.45. The van der Waals surface area contributed by atoms with Crippen molar-refractivity contribution in [3.63, 3.8) is 0 Å². The van der Waals surface area contributed by atoms with Gasteiger partial charge in [0.25, 0.3) is 0 Å². The minimum absolute atomic E-state index is 0.0931. The second-order valence-corrected chi connectivity index (χ2v) is 6.93. The van der Waals surface area contributed by atoms with E-state index in [2.05, 4.69) is 10.6 Å². The molecule has 6 heteroatoms. The first-order chi connectivity index (χ1) is 13.0. The van der Waals surface area contributed by atoms with Crippen LogP contribution in [0.2, 0.25) is 0 Å². The van der Waals surface area contributed by atoms with Gasteiger partial charge in [0.2, 0.25) is 11.8 Å². The average molecular weight is 368 g/mol. The van der Waals surface area contributed by atoms with Crippen molar-refractivity contribution in [1.82, 2.24) is 10.6 Å². The number of hydrogen-bond acceptors (Lipinski definition) is 4. The maximum absolute atomic E-state index is 12.3.